The van der Waals surface area contributed by atoms with Crippen LogP contribution in [0.3, 0.4) is 0 Å². The van der Waals surface area contributed by atoms with Crippen LogP contribution in [0.1, 0.15) is 26.7 Å². The van der Waals surface area contributed by atoms with E-state index in [0.29, 0.717) is 28.6 Å². The van der Waals surface area contributed by atoms with Gasteiger partial charge in [-0.1, -0.05) is 30.1 Å². The Morgan fingerprint density at radius 2 is 1.72 bits per heavy atom. The van der Waals surface area contributed by atoms with Crippen molar-refractivity contribution in [3.05, 3.63) is 28.2 Å². The van der Waals surface area contributed by atoms with Gasteiger partial charge in [-0.2, -0.15) is 0 Å². The van der Waals surface area contributed by atoms with E-state index in [1.807, 2.05) is 6.92 Å². The Balaban J connectivity index is 2.56. The molecular formula is C13H15Cl2NO2. The molecule has 0 aromatic heterocycles. The quantitative estimate of drug-likeness (QED) is 0.892. The Kier molecular flexibility index (Phi) is 5.63. The van der Waals surface area contributed by atoms with Crippen LogP contribution in [0, 0.1) is 5.92 Å². The van der Waals surface area contributed by atoms with E-state index in [4.69, 9.17) is 23.2 Å². The van der Waals surface area contributed by atoms with Crippen molar-refractivity contribution < 1.29 is 9.59 Å². The molecule has 0 saturated carbocycles. The fourth-order valence-electron chi connectivity index (χ4n) is 1.72. The summed E-state index contributed by atoms with van der Waals surface area (Å²) in [6.07, 6.45) is 0.702. The van der Waals surface area contributed by atoms with Gasteiger partial charge in [-0.3, -0.25) is 4.79 Å². The van der Waals surface area contributed by atoms with Gasteiger partial charge in [-0.25, -0.2) is 0 Å². The zero-order chi connectivity index (χ0) is 13.7. The lowest BCUT2D eigenvalue weighted by atomic mass is 10.0. The highest BCUT2D eigenvalue weighted by Gasteiger charge is 2.11. The Morgan fingerprint density at radius 1 is 1.17 bits per heavy atom. The number of ketones is 1. The lowest BCUT2D eigenvalue weighted by Gasteiger charge is -2.10. The summed E-state index contributed by atoms with van der Waals surface area (Å²) in [5.74, 6) is -0.0414. The highest BCUT2D eigenvalue weighted by molar-refractivity contribution is 6.35. The van der Waals surface area contributed by atoms with Crippen LogP contribution in [0.4, 0.5) is 5.69 Å². The first-order chi connectivity index (χ1) is 8.36. The minimum Gasteiger partial charge on any atom is -0.326 e. The van der Waals surface area contributed by atoms with Crippen molar-refractivity contribution in [1.82, 2.24) is 0 Å². The predicted octanol–water partition coefficient (Wildman–Crippen LogP) is 3.94. The first kappa shape index (κ1) is 15.0. The van der Waals surface area contributed by atoms with Crippen LogP contribution in [0.5, 0.6) is 0 Å². The Bertz CT molecular complexity index is 440. The number of anilines is 1. The van der Waals surface area contributed by atoms with Crippen molar-refractivity contribution in [2.45, 2.75) is 26.7 Å². The van der Waals surface area contributed by atoms with E-state index in [1.54, 1.807) is 18.2 Å². The zero-order valence-electron chi connectivity index (χ0n) is 10.3. The number of benzene rings is 1. The van der Waals surface area contributed by atoms with Gasteiger partial charge in [-0.15, -0.1) is 0 Å². The highest BCUT2D eigenvalue weighted by atomic mass is 35.5. The molecule has 1 rings (SSSR count). The number of nitrogens with one attached hydrogen (secondary N) is 1. The molecule has 1 N–H and O–H groups in total. The average molecular weight is 288 g/mol. The fourth-order valence-corrected chi connectivity index (χ4v) is 2.24. The summed E-state index contributed by atoms with van der Waals surface area (Å²) in [6, 6.07) is 4.85. The standard InChI is InChI=1S/C13H15Cl2NO2/c1-8(3-9(2)17)4-13(18)16-12-6-10(14)5-11(15)7-12/h5-8H,3-4H2,1-2H3,(H,16,18). The molecule has 0 radical (unpaired) electrons. The molecule has 0 fully saturated rings. The minimum absolute atomic E-state index is 0.0251. The topological polar surface area (TPSA) is 46.2 Å². The van der Waals surface area contributed by atoms with E-state index in [-0.39, 0.29) is 17.6 Å². The van der Waals surface area contributed by atoms with Crippen molar-refractivity contribution in [2.24, 2.45) is 5.92 Å². The van der Waals surface area contributed by atoms with Crippen LogP contribution in [0.25, 0.3) is 0 Å². The zero-order valence-corrected chi connectivity index (χ0v) is 11.8. The molecule has 98 valence electrons. The van der Waals surface area contributed by atoms with E-state index >= 15 is 0 Å². The second-order valence-corrected chi connectivity index (χ2v) is 5.29. The van der Waals surface area contributed by atoms with Crippen LogP contribution in [0.2, 0.25) is 10.0 Å². The van der Waals surface area contributed by atoms with Crippen LogP contribution >= 0.6 is 23.2 Å². The van der Waals surface area contributed by atoms with Gasteiger partial charge in [0.1, 0.15) is 5.78 Å². The van der Waals surface area contributed by atoms with E-state index < -0.39 is 0 Å². The van der Waals surface area contributed by atoms with Gasteiger partial charge in [0.25, 0.3) is 0 Å². The van der Waals surface area contributed by atoms with Gasteiger partial charge >= 0.3 is 0 Å². The predicted molar refractivity (Wildman–Crippen MR) is 74.2 cm³/mol. The minimum atomic E-state index is -0.151. The van der Waals surface area contributed by atoms with Crippen molar-refractivity contribution in [2.75, 3.05) is 5.32 Å². The van der Waals surface area contributed by atoms with Crippen molar-refractivity contribution in [3.8, 4) is 0 Å². The molecule has 0 aliphatic heterocycles. The molecule has 1 aromatic carbocycles. The van der Waals surface area contributed by atoms with Crippen molar-refractivity contribution in [3.63, 3.8) is 0 Å². The molecule has 3 nitrogen and oxygen atoms in total. The van der Waals surface area contributed by atoms with Gasteiger partial charge in [0.2, 0.25) is 5.91 Å². The normalized spacial score (nSPS) is 12.0. The maximum absolute atomic E-state index is 11.7. The lowest BCUT2D eigenvalue weighted by Crippen LogP contribution is -2.16. The molecule has 0 heterocycles. The van der Waals surface area contributed by atoms with Gasteiger partial charge in [0.05, 0.1) is 0 Å². The first-order valence-electron chi connectivity index (χ1n) is 5.62. The molecule has 0 spiro atoms. The third-order valence-corrected chi connectivity index (χ3v) is 2.75. The number of hydrogen-bond donors (Lipinski definition) is 1. The summed E-state index contributed by atoms with van der Waals surface area (Å²) in [4.78, 5) is 22.6. The Labute approximate surface area is 116 Å². The molecule has 0 saturated heterocycles. The van der Waals surface area contributed by atoms with Gasteiger partial charge in [0.15, 0.2) is 0 Å². The lowest BCUT2D eigenvalue weighted by molar-refractivity contribution is -0.119. The van der Waals surface area contributed by atoms with E-state index in [1.165, 1.54) is 6.92 Å². The Hall–Kier alpha value is -1.06. The maximum Gasteiger partial charge on any atom is 0.224 e. The van der Waals surface area contributed by atoms with Gasteiger partial charge in [0, 0.05) is 28.6 Å². The number of amides is 1. The molecule has 5 heteroatoms. The third kappa shape index (κ3) is 5.52. The van der Waals surface area contributed by atoms with Crippen LogP contribution in [-0.4, -0.2) is 11.7 Å². The van der Waals surface area contributed by atoms with Gasteiger partial charge in [-0.05, 0) is 31.0 Å². The number of carbonyl (C=O) groups excluding carboxylic acids is 2. The largest absolute Gasteiger partial charge is 0.326 e. The Morgan fingerprint density at radius 3 is 2.22 bits per heavy atom. The summed E-state index contributed by atoms with van der Waals surface area (Å²) in [7, 11) is 0. The average Bonchev–Trinajstić information content (AvgIpc) is 2.12. The van der Waals surface area contributed by atoms with E-state index in [2.05, 4.69) is 5.32 Å². The molecule has 1 atom stereocenters. The van der Waals surface area contributed by atoms with Crippen molar-refractivity contribution in [1.29, 1.82) is 0 Å². The van der Waals surface area contributed by atoms with Crippen LogP contribution < -0.4 is 5.32 Å². The first-order valence-corrected chi connectivity index (χ1v) is 6.38. The van der Waals surface area contributed by atoms with Crippen LogP contribution in [-0.2, 0) is 9.59 Å². The molecule has 0 bridgehead atoms. The molecule has 1 aromatic rings. The molecule has 1 amide bonds. The second kappa shape index (κ2) is 6.76. The van der Waals surface area contributed by atoms with Gasteiger partial charge < -0.3 is 10.1 Å². The summed E-state index contributed by atoms with van der Waals surface area (Å²) < 4.78 is 0. The number of rotatable bonds is 5. The SMILES string of the molecule is CC(=O)CC(C)CC(=O)Nc1cc(Cl)cc(Cl)c1. The van der Waals surface area contributed by atoms with E-state index in [0.717, 1.165) is 0 Å². The van der Waals surface area contributed by atoms with Crippen LogP contribution in [0.15, 0.2) is 18.2 Å². The summed E-state index contributed by atoms with van der Waals surface area (Å²) in [5.41, 5.74) is 0.563. The highest BCUT2D eigenvalue weighted by Crippen LogP contribution is 2.22. The summed E-state index contributed by atoms with van der Waals surface area (Å²) in [5, 5.41) is 3.64. The molecule has 18 heavy (non-hydrogen) atoms. The third-order valence-electron chi connectivity index (χ3n) is 2.32. The number of carbonyl (C=O) groups is 2. The summed E-state index contributed by atoms with van der Waals surface area (Å²) in [6.45, 7) is 3.39. The number of halogens is 2. The van der Waals surface area contributed by atoms with Crippen molar-refractivity contribution >= 4 is 40.6 Å². The second-order valence-electron chi connectivity index (χ2n) is 4.42. The number of Topliss-reactive ketones (excluding diaryl/α,β-unsaturated/α-hetero) is 1. The fraction of sp³-hybridized carbons (Fsp3) is 0.385. The molecule has 1 unspecified atom stereocenters. The maximum atomic E-state index is 11.7. The molecule has 0 aliphatic rings. The smallest absolute Gasteiger partial charge is 0.224 e. The number of hydrogen-bond acceptors (Lipinski definition) is 2. The van der Waals surface area contributed by atoms with E-state index in [9.17, 15) is 9.59 Å². The molecule has 0 aliphatic carbocycles. The summed E-state index contributed by atoms with van der Waals surface area (Å²) >= 11 is 11.7. The molecular weight excluding hydrogens is 273 g/mol. The monoisotopic (exact) mass is 287 g/mol.